The summed E-state index contributed by atoms with van der Waals surface area (Å²) in [6.07, 6.45) is 0.304. The second-order valence-electron chi connectivity index (χ2n) is 5.37. The van der Waals surface area contributed by atoms with Gasteiger partial charge < -0.3 is 9.72 Å². The first-order valence-electron chi connectivity index (χ1n) is 8.32. The molecule has 6 heteroatoms. The number of carbonyl (C=O) groups excluding carboxylic acids is 1. The van der Waals surface area contributed by atoms with Gasteiger partial charge in [0.15, 0.2) is 0 Å². The van der Waals surface area contributed by atoms with Gasteiger partial charge in [-0.2, -0.15) is 0 Å². The number of benzene rings is 2. The first kappa shape index (κ1) is 19.6. The van der Waals surface area contributed by atoms with Crippen molar-refractivity contribution < 1.29 is 22.7 Å². The number of aryl methyl sites for hydroxylation is 1. The summed E-state index contributed by atoms with van der Waals surface area (Å²) < 4.78 is 45.4. The van der Waals surface area contributed by atoms with E-state index in [-0.39, 0.29) is 18.4 Å². The second-order valence-corrected chi connectivity index (χ2v) is 5.37. The van der Waals surface area contributed by atoms with Gasteiger partial charge in [0, 0.05) is 23.6 Å². The first-order valence-corrected chi connectivity index (χ1v) is 8.32. The quantitative estimate of drug-likeness (QED) is 0.632. The molecule has 3 aromatic rings. The van der Waals surface area contributed by atoms with Gasteiger partial charge in [-0.25, -0.2) is 13.2 Å². The molecule has 1 aromatic heterocycles. The van der Waals surface area contributed by atoms with Crippen molar-refractivity contribution in [2.24, 2.45) is 0 Å². The van der Waals surface area contributed by atoms with Crippen LogP contribution >= 0.6 is 0 Å². The molecule has 26 heavy (non-hydrogen) atoms. The zero-order chi connectivity index (χ0) is 19.3. The maximum absolute atomic E-state index is 14.1. The van der Waals surface area contributed by atoms with E-state index >= 15 is 0 Å². The van der Waals surface area contributed by atoms with Gasteiger partial charge in [-0.1, -0.05) is 13.8 Å². The van der Waals surface area contributed by atoms with Gasteiger partial charge in [-0.05, 0) is 47.9 Å². The molecule has 0 spiro atoms. The molecule has 138 valence electrons. The van der Waals surface area contributed by atoms with Crippen LogP contribution in [0.25, 0.3) is 22.2 Å². The Labute approximate surface area is 149 Å². The summed E-state index contributed by atoms with van der Waals surface area (Å²) >= 11 is 0. The maximum Gasteiger partial charge on any atom is 0.305 e. The number of aromatic amines is 1. The van der Waals surface area contributed by atoms with Crippen molar-refractivity contribution in [1.82, 2.24) is 4.98 Å². The molecule has 0 saturated heterocycles. The standard InChI is InChI=1S/C18H14F3NO2.C2H6/c1-24-16(23)7-6-13-14-8-12(20)9-15(21)18(14)22-17(13)10-2-4-11(19)5-3-10;1-2/h2-5,8-9,22H,6-7H2,1H3;1-2H3. The number of H-pyrrole nitrogens is 1. The fourth-order valence-electron chi connectivity index (χ4n) is 2.73. The number of fused-ring (bicyclic) bond motifs is 1. The van der Waals surface area contributed by atoms with Crippen LogP contribution in [0.15, 0.2) is 36.4 Å². The van der Waals surface area contributed by atoms with Gasteiger partial charge in [-0.15, -0.1) is 0 Å². The van der Waals surface area contributed by atoms with Crippen molar-refractivity contribution in [3.63, 3.8) is 0 Å². The summed E-state index contributed by atoms with van der Waals surface area (Å²) in [4.78, 5) is 14.4. The minimum Gasteiger partial charge on any atom is -0.469 e. The minimum absolute atomic E-state index is 0.0653. The molecule has 0 bridgehead atoms. The molecule has 3 rings (SSSR count). The number of carbonyl (C=O) groups is 1. The van der Waals surface area contributed by atoms with Crippen molar-refractivity contribution in [2.45, 2.75) is 26.7 Å². The smallest absolute Gasteiger partial charge is 0.305 e. The molecule has 1 N–H and O–H groups in total. The number of aromatic nitrogens is 1. The highest BCUT2D eigenvalue weighted by Crippen LogP contribution is 2.33. The molecule has 0 fully saturated rings. The van der Waals surface area contributed by atoms with E-state index in [0.29, 0.717) is 22.2 Å². The van der Waals surface area contributed by atoms with Crippen LogP contribution in [-0.2, 0) is 16.0 Å². The van der Waals surface area contributed by atoms with Gasteiger partial charge in [0.25, 0.3) is 0 Å². The number of ether oxygens (including phenoxy) is 1. The third-order valence-electron chi connectivity index (χ3n) is 3.87. The zero-order valence-corrected chi connectivity index (χ0v) is 14.8. The average Bonchev–Trinajstić information content (AvgIpc) is 3.00. The van der Waals surface area contributed by atoms with Crippen molar-refractivity contribution in [3.8, 4) is 11.3 Å². The molecule has 0 atom stereocenters. The summed E-state index contributed by atoms with van der Waals surface area (Å²) in [5.41, 5.74) is 1.88. The summed E-state index contributed by atoms with van der Waals surface area (Å²) in [5.74, 6) is -2.25. The first-order chi connectivity index (χ1) is 12.5. The Kier molecular flexibility index (Phi) is 6.44. The fraction of sp³-hybridized carbons (Fsp3) is 0.250. The Bertz CT molecular complexity index is 902. The molecule has 0 saturated carbocycles. The lowest BCUT2D eigenvalue weighted by Crippen LogP contribution is -2.02. The van der Waals surface area contributed by atoms with E-state index in [1.807, 2.05) is 13.8 Å². The van der Waals surface area contributed by atoms with Crippen LogP contribution < -0.4 is 0 Å². The van der Waals surface area contributed by atoms with E-state index in [4.69, 9.17) is 0 Å². The predicted octanol–water partition coefficient (Wildman–Crippen LogP) is 5.38. The zero-order valence-electron chi connectivity index (χ0n) is 14.8. The lowest BCUT2D eigenvalue weighted by molar-refractivity contribution is -0.140. The Morgan fingerprint density at radius 3 is 2.31 bits per heavy atom. The van der Waals surface area contributed by atoms with Gasteiger partial charge >= 0.3 is 5.97 Å². The van der Waals surface area contributed by atoms with Gasteiger partial charge in [0.1, 0.15) is 17.5 Å². The molecule has 0 aliphatic carbocycles. The molecule has 0 unspecified atom stereocenters. The molecule has 0 aliphatic heterocycles. The van der Waals surface area contributed by atoms with Crippen LogP contribution in [0.2, 0.25) is 0 Å². The maximum atomic E-state index is 14.1. The SMILES string of the molecule is CC.COC(=O)CCc1c(-c2ccc(F)cc2)[nH]c2c(F)cc(F)cc12. The largest absolute Gasteiger partial charge is 0.469 e. The van der Waals surface area contributed by atoms with Crippen LogP contribution in [-0.4, -0.2) is 18.1 Å². The third kappa shape index (κ3) is 4.07. The topological polar surface area (TPSA) is 42.1 Å². The predicted molar refractivity (Wildman–Crippen MR) is 95.3 cm³/mol. The number of rotatable bonds is 4. The van der Waals surface area contributed by atoms with Crippen LogP contribution in [0.4, 0.5) is 13.2 Å². The summed E-state index contributed by atoms with van der Waals surface area (Å²) in [5, 5.41) is 0.357. The van der Waals surface area contributed by atoms with E-state index in [2.05, 4.69) is 9.72 Å². The Hall–Kier alpha value is -2.76. The van der Waals surface area contributed by atoms with E-state index in [1.54, 1.807) is 0 Å². The van der Waals surface area contributed by atoms with Crippen molar-refractivity contribution in [2.75, 3.05) is 7.11 Å². The van der Waals surface area contributed by atoms with Crippen LogP contribution in [0, 0.1) is 17.5 Å². The molecular formula is C20H20F3NO2. The Morgan fingerprint density at radius 1 is 1.04 bits per heavy atom. The van der Waals surface area contributed by atoms with Crippen LogP contribution in [0.5, 0.6) is 0 Å². The van der Waals surface area contributed by atoms with Gasteiger partial charge in [0.2, 0.25) is 0 Å². The van der Waals surface area contributed by atoms with E-state index in [1.165, 1.54) is 37.4 Å². The molecule has 0 amide bonds. The third-order valence-corrected chi connectivity index (χ3v) is 3.87. The van der Waals surface area contributed by atoms with Crippen LogP contribution in [0.1, 0.15) is 25.8 Å². The lowest BCUT2D eigenvalue weighted by atomic mass is 10.0. The van der Waals surface area contributed by atoms with E-state index in [9.17, 15) is 18.0 Å². The highest BCUT2D eigenvalue weighted by Gasteiger charge is 2.18. The lowest BCUT2D eigenvalue weighted by Gasteiger charge is -2.05. The fourth-order valence-corrected chi connectivity index (χ4v) is 2.73. The molecule has 0 aliphatic rings. The molecular weight excluding hydrogens is 343 g/mol. The number of nitrogens with one attached hydrogen (secondary N) is 1. The highest BCUT2D eigenvalue weighted by atomic mass is 19.1. The molecule has 2 aromatic carbocycles. The van der Waals surface area contributed by atoms with E-state index in [0.717, 1.165) is 6.07 Å². The minimum atomic E-state index is -0.724. The molecule has 3 nitrogen and oxygen atoms in total. The van der Waals surface area contributed by atoms with Gasteiger partial charge in [-0.3, -0.25) is 4.79 Å². The van der Waals surface area contributed by atoms with Crippen molar-refractivity contribution in [3.05, 3.63) is 59.4 Å². The second kappa shape index (κ2) is 8.56. The number of hydrogen-bond acceptors (Lipinski definition) is 2. The van der Waals surface area contributed by atoms with E-state index < -0.39 is 23.4 Å². The highest BCUT2D eigenvalue weighted by molar-refractivity contribution is 5.91. The molecule has 0 radical (unpaired) electrons. The summed E-state index contributed by atoms with van der Waals surface area (Å²) in [6.45, 7) is 4.00. The number of hydrogen-bond donors (Lipinski definition) is 1. The normalized spacial score (nSPS) is 10.4. The summed E-state index contributed by atoms with van der Waals surface area (Å²) in [6, 6.07) is 7.64. The Morgan fingerprint density at radius 2 is 1.69 bits per heavy atom. The molecule has 1 heterocycles. The monoisotopic (exact) mass is 363 g/mol. The van der Waals surface area contributed by atoms with Crippen molar-refractivity contribution >= 4 is 16.9 Å². The number of esters is 1. The van der Waals surface area contributed by atoms with Crippen LogP contribution in [0.3, 0.4) is 0 Å². The van der Waals surface area contributed by atoms with Crippen molar-refractivity contribution in [1.29, 1.82) is 0 Å². The average molecular weight is 363 g/mol. The summed E-state index contributed by atoms with van der Waals surface area (Å²) in [7, 11) is 1.28. The Balaban J connectivity index is 0.00000117. The number of halogens is 3. The number of methoxy groups -OCH3 is 1. The van der Waals surface area contributed by atoms with Gasteiger partial charge in [0.05, 0.1) is 12.6 Å².